The van der Waals surface area contributed by atoms with Crippen LogP contribution in [0.15, 0.2) is 18.5 Å². The Balaban J connectivity index is 2.24. The van der Waals surface area contributed by atoms with Gasteiger partial charge < -0.3 is 10.4 Å². The van der Waals surface area contributed by atoms with E-state index in [1.54, 1.807) is 10.9 Å². The molecule has 2 heterocycles. The van der Waals surface area contributed by atoms with E-state index >= 15 is 0 Å². The van der Waals surface area contributed by atoms with E-state index in [0.717, 1.165) is 11.4 Å². The van der Waals surface area contributed by atoms with Gasteiger partial charge in [-0.15, -0.1) is 0 Å². The highest BCUT2D eigenvalue weighted by Crippen LogP contribution is 2.14. The molecule has 0 unspecified atom stereocenters. The zero-order valence-electron chi connectivity index (χ0n) is 13.2. The summed E-state index contributed by atoms with van der Waals surface area (Å²) < 4.78 is 1.69. The van der Waals surface area contributed by atoms with Crippen molar-refractivity contribution < 1.29 is 9.90 Å². The number of carboxylic acid groups (broad SMARTS) is 1. The van der Waals surface area contributed by atoms with Gasteiger partial charge in [-0.2, -0.15) is 5.10 Å². The van der Waals surface area contributed by atoms with Crippen LogP contribution in [0.5, 0.6) is 0 Å². The lowest BCUT2D eigenvalue weighted by molar-refractivity contribution is -0.138. The minimum Gasteiger partial charge on any atom is -0.480 e. The maximum absolute atomic E-state index is 11.3. The van der Waals surface area contributed by atoms with E-state index in [1.165, 1.54) is 6.20 Å². The fraction of sp³-hybridized carbons (Fsp3) is 0.467. The second-order valence-corrected chi connectivity index (χ2v) is 5.77. The Kier molecular flexibility index (Phi) is 4.75. The highest BCUT2D eigenvalue weighted by Gasteiger charge is 2.19. The van der Waals surface area contributed by atoms with Crippen LogP contribution in [0.3, 0.4) is 0 Å². The van der Waals surface area contributed by atoms with Gasteiger partial charge in [-0.25, -0.2) is 14.5 Å². The molecule has 22 heavy (non-hydrogen) atoms. The smallest absolute Gasteiger partial charge is 0.326 e. The van der Waals surface area contributed by atoms with Gasteiger partial charge in [-0.1, -0.05) is 13.8 Å². The van der Waals surface area contributed by atoms with E-state index in [9.17, 15) is 9.90 Å². The van der Waals surface area contributed by atoms with Crippen molar-refractivity contribution >= 4 is 11.8 Å². The molecule has 2 aromatic rings. The lowest BCUT2D eigenvalue weighted by atomic mass is 10.0. The van der Waals surface area contributed by atoms with Crippen molar-refractivity contribution in [3.05, 3.63) is 29.8 Å². The average molecular weight is 303 g/mol. The second-order valence-electron chi connectivity index (χ2n) is 5.77. The summed E-state index contributed by atoms with van der Waals surface area (Å²) in [6.45, 7) is 7.80. The molecular weight excluding hydrogens is 282 g/mol. The summed E-state index contributed by atoms with van der Waals surface area (Å²) in [4.78, 5) is 19.9. The van der Waals surface area contributed by atoms with Crippen LogP contribution >= 0.6 is 0 Å². The van der Waals surface area contributed by atoms with Gasteiger partial charge in [-0.05, 0) is 32.3 Å². The van der Waals surface area contributed by atoms with Gasteiger partial charge in [0.15, 0.2) is 5.82 Å². The molecule has 0 bridgehead atoms. The lowest BCUT2D eigenvalue weighted by Crippen LogP contribution is -2.31. The van der Waals surface area contributed by atoms with Crippen molar-refractivity contribution in [2.24, 2.45) is 5.92 Å². The van der Waals surface area contributed by atoms with Crippen molar-refractivity contribution in [3.8, 4) is 5.82 Å². The number of hydrogen-bond donors (Lipinski definition) is 2. The number of anilines is 1. The van der Waals surface area contributed by atoms with E-state index in [0.29, 0.717) is 18.1 Å². The molecular formula is C15H21N5O2. The minimum atomic E-state index is -0.896. The Hall–Kier alpha value is -2.44. The highest BCUT2D eigenvalue weighted by molar-refractivity contribution is 5.76. The van der Waals surface area contributed by atoms with Gasteiger partial charge in [0, 0.05) is 5.69 Å². The summed E-state index contributed by atoms with van der Waals surface area (Å²) in [6, 6.07) is 1.26. The zero-order valence-corrected chi connectivity index (χ0v) is 13.2. The standard InChI is InChI=1S/C15H21N5O2/c1-9(2)5-12(15(21)22)17-13-7-16-8-14(18-13)20-11(4)6-10(3)19-20/h6-9,12H,5H2,1-4H3,(H,17,18)(H,21,22)/t12-/m1/s1. The summed E-state index contributed by atoms with van der Waals surface area (Å²) in [5, 5.41) is 16.6. The molecule has 0 spiro atoms. The predicted octanol–water partition coefficient (Wildman–Crippen LogP) is 2.19. The Morgan fingerprint density at radius 3 is 2.64 bits per heavy atom. The van der Waals surface area contributed by atoms with Crippen LogP contribution in [0.25, 0.3) is 5.82 Å². The topological polar surface area (TPSA) is 92.9 Å². The quantitative estimate of drug-likeness (QED) is 0.849. The summed E-state index contributed by atoms with van der Waals surface area (Å²) in [6.07, 6.45) is 3.63. The van der Waals surface area contributed by atoms with Crippen LogP contribution in [0.4, 0.5) is 5.82 Å². The molecule has 0 aliphatic rings. The van der Waals surface area contributed by atoms with Gasteiger partial charge in [0.1, 0.15) is 11.9 Å². The molecule has 0 radical (unpaired) electrons. The first-order chi connectivity index (χ1) is 10.4. The number of nitrogens with zero attached hydrogens (tertiary/aromatic N) is 4. The highest BCUT2D eigenvalue weighted by atomic mass is 16.4. The SMILES string of the molecule is Cc1cc(C)n(-c2cncc(N[C@H](CC(C)C)C(=O)O)n2)n1. The maximum atomic E-state index is 11.3. The lowest BCUT2D eigenvalue weighted by Gasteiger charge is -2.17. The molecule has 7 nitrogen and oxygen atoms in total. The monoisotopic (exact) mass is 303 g/mol. The molecule has 0 aromatic carbocycles. The molecule has 2 aromatic heterocycles. The van der Waals surface area contributed by atoms with Crippen LogP contribution in [-0.2, 0) is 4.79 Å². The van der Waals surface area contributed by atoms with E-state index in [-0.39, 0.29) is 5.92 Å². The summed E-state index contributed by atoms with van der Waals surface area (Å²) in [5.41, 5.74) is 1.83. The number of hydrogen-bond acceptors (Lipinski definition) is 5. The van der Waals surface area contributed by atoms with E-state index < -0.39 is 12.0 Å². The molecule has 0 amide bonds. The molecule has 0 saturated heterocycles. The first-order valence-electron chi connectivity index (χ1n) is 7.22. The van der Waals surface area contributed by atoms with Crippen LogP contribution in [0.2, 0.25) is 0 Å². The van der Waals surface area contributed by atoms with Crippen molar-refractivity contribution in [3.63, 3.8) is 0 Å². The number of aromatic nitrogens is 4. The fourth-order valence-corrected chi connectivity index (χ4v) is 2.26. The van der Waals surface area contributed by atoms with Gasteiger partial charge in [0.2, 0.25) is 0 Å². The van der Waals surface area contributed by atoms with Gasteiger partial charge in [0.05, 0.1) is 18.1 Å². The molecule has 0 aliphatic carbocycles. The summed E-state index contributed by atoms with van der Waals surface area (Å²) >= 11 is 0. The Bertz CT molecular complexity index is 666. The first-order valence-corrected chi connectivity index (χ1v) is 7.22. The number of rotatable bonds is 6. The molecule has 7 heteroatoms. The van der Waals surface area contributed by atoms with Crippen LogP contribution < -0.4 is 5.32 Å². The van der Waals surface area contributed by atoms with E-state index in [4.69, 9.17) is 0 Å². The molecule has 118 valence electrons. The van der Waals surface area contributed by atoms with Crippen LogP contribution in [-0.4, -0.2) is 36.9 Å². The first kappa shape index (κ1) is 15.9. The fourth-order valence-electron chi connectivity index (χ4n) is 2.26. The van der Waals surface area contributed by atoms with Gasteiger partial charge >= 0.3 is 5.97 Å². The van der Waals surface area contributed by atoms with Crippen LogP contribution in [0, 0.1) is 19.8 Å². The number of carboxylic acids is 1. The molecule has 2 N–H and O–H groups in total. The second kappa shape index (κ2) is 6.55. The third-order valence-corrected chi connectivity index (χ3v) is 3.18. The molecule has 2 rings (SSSR count). The van der Waals surface area contributed by atoms with E-state index in [2.05, 4.69) is 20.4 Å². The third-order valence-electron chi connectivity index (χ3n) is 3.18. The number of aliphatic carboxylic acids is 1. The normalized spacial score (nSPS) is 12.4. The molecule has 0 fully saturated rings. The van der Waals surface area contributed by atoms with Crippen molar-refractivity contribution in [2.75, 3.05) is 5.32 Å². The Morgan fingerprint density at radius 2 is 2.09 bits per heavy atom. The Morgan fingerprint density at radius 1 is 1.36 bits per heavy atom. The third kappa shape index (κ3) is 3.81. The van der Waals surface area contributed by atoms with Crippen molar-refractivity contribution in [2.45, 2.75) is 40.2 Å². The minimum absolute atomic E-state index is 0.265. The predicted molar refractivity (Wildman–Crippen MR) is 83.1 cm³/mol. The number of aryl methyl sites for hydroxylation is 2. The molecule has 0 saturated carbocycles. The van der Waals surface area contributed by atoms with Crippen molar-refractivity contribution in [1.82, 2.24) is 19.7 Å². The van der Waals surface area contributed by atoms with Gasteiger partial charge in [-0.3, -0.25) is 4.98 Å². The zero-order chi connectivity index (χ0) is 16.3. The largest absolute Gasteiger partial charge is 0.480 e. The van der Waals surface area contributed by atoms with Crippen LogP contribution in [0.1, 0.15) is 31.7 Å². The van der Waals surface area contributed by atoms with E-state index in [1.807, 2.05) is 33.8 Å². The Labute approximate surface area is 129 Å². The average Bonchev–Trinajstić information content (AvgIpc) is 2.77. The van der Waals surface area contributed by atoms with Gasteiger partial charge in [0.25, 0.3) is 0 Å². The van der Waals surface area contributed by atoms with Crippen molar-refractivity contribution in [1.29, 1.82) is 0 Å². The molecule has 1 atom stereocenters. The number of nitrogens with one attached hydrogen (secondary N) is 1. The summed E-state index contributed by atoms with van der Waals surface area (Å²) in [5.74, 6) is 0.357. The summed E-state index contributed by atoms with van der Waals surface area (Å²) in [7, 11) is 0. The number of carbonyl (C=O) groups is 1. The molecule has 0 aliphatic heterocycles. The maximum Gasteiger partial charge on any atom is 0.326 e.